The molecule has 0 unspecified atom stereocenters. The van der Waals surface area contributed by atoms with Crippen LogP contribution in [0.25, 0.3) is 11.0 Å². The van der Waals surface area contributed by atoms with E-state index in [-0.39, 0.29) is 71.3 Å². The van der Waals surface area contributed by atoms with Gasteiger partial charge >= 0.3 is 6.18 Å². The summed E-state index contributed by atoms with van der Waals surface area (Å²) >= 11 is 11.8. The fraction of sp³-hybridized carbons (Fsp3) is 0.379. The van der Waals surface area contributed by atoms with Gasteiger partial charge in [-0.15, -0.1) is 0 Å². The number of aromatic nitrogens is 6. The fourth-order valence-electron chi connectivity index (χ4n) is 4.55. The van der Waals surface area contributed by atoms with Crippen LogP contribution < -0.4 is 48.0 Å². The lowest BCUT2D eigenvalue weighted by atomic mass is 10.3. The minimum atomic E-state index is -5.19. The van der Waals surface area contributed by atoms with Gasteiger partial charge in [0.15, 0.2) is 56.0 Å². The number of ether oxygens (including phenoxy) is 3. The minimum absolute atomic E-state index is 0.0580. The van der Waals surface area contributed by atoms with Crippen LogP contribution in [-0.4, -0.2) is 88.5 Å². The molecule has 0 aliphatic heterocycles. The monoisotopic (exact) mass is 790 g/mol. The van der Waals surface area contributed by atoms with Crippen molar-refractivity contribution in [2.24, 2.45) is 0 Å². The Kier molecular flexibility index (Phi) is 14.9. The van der Waals surface area contributed by atoms with Crippen molar-refractivity contribution < 1.29 is 51.4 Å². The van der Waals surface area contributed by atoms with E-state index in [1.165, 1.54) is 0 Å². The number of amides is 2. The van der Waals surface area contributed by atoms with Gasteiger partial charge in [-0.2, -0.15) is 13.2 Å². The number of rotatable bonds is 15. The number of alkyl halides is 3. The Morgan fingerprint density at radius 1 is 0.868 bits per heavy atom. The molecular weight excluding hydrogens is 756 g/mol. The van der Waals surface area contributed by atoms with Crippen LogP contribution >= 0.6 is 23.2 Å². The minimum Gasteiger partial charge on any atom is -0.542 e. The maximum absolute atomic E-state index is 13.0. The van der Waals surface area contributed by atoms with E-state index >= 15 is 0 Å². The predicted octanol–water partition coefficient (Wildman–Crippen LogP) is -0.135. The first kappa shape index (κ1) is 42.0. The number of nitrogens with zero attached hydrogens (tertiary/aromatic N) is 6. The van der Waals surface area contributed by atoms with Crippen molar-refractivity contribution in [1.29, 1.82) is 0 Å². The number of hydrogen-bond donors (Lipinski definition) is 6. The summed E-state index contributed by atoms with van der Waals surface area (Å²) in [5, 5.41) is 14.0. The Bertz CT molecular complexity index is 1950. The van der Waals surface area contributed by atoms with Gasteiger partial charge in [0.1, 0.15) is 24.8 Å². The van der Waals surface area contributed by atoms with Gasteiger partial charge in [-0.1, -0.05) is 23.2 Å². The average molecular weight is 792 g/mol. The number of fused-ring (bicyclic) bond motifs is 1. The normalized spacial score (nSPS) is 11.2. The second-order valence-corrected chi connectivity index (χ2v) is 11.1. The van der Waals surface area contributed by atoms with Crippen LogP contribution in [0.15, 0.2) is 18.2 Å². The number of halogens is 5. The Morgan fingerprint density at radius 3 is 1.91 bits per heavy atom. The standard InChI is InChI=1S/C27H34Cl2N12O5.C2HF3O2/c1-3-40-15-5-4-14(44-2)12-16(15)41(17(40)13-35-27(43)19-23(31)39-25(33)21(29)37-19)7-9-46-11-10-45-8-6-34-26(42)18-22(30)38-24(32)20(28)36-18;3-2(4,5)1(6)7/h4-5,12H,3,6-11,13H2,1-2H3,(H9-,30,31,32,33,34,35,38,39,42,43);(H,6,7). The maximum atomic E-state index is 13.0. The molecule has 0 aliphatic carbocycles. The quantitative estimate of drug-likeness (QED) is 0.0675. The van der Waals surface area contributed by atoms with Gasteiger partial charge in [0, 0.05) is 12.6 Å². The molecule has 3 aromatic heterocycles. The zero-order valence-electron chi connectivity index (χ0n) is 28.1. The largest absolute Gasteiger partial charge is 0.542 e. The number of aryl methyl sites for hydroxylation is 1. The first-order valence-corrected chi connectivity index (χ1v) is 16.0. The van der Waals surface area contributed by atoms with E-state index in [4.69, 9.17) is 70.2 Å². The third-order valence-corrected chi connectivity index (χ3v) is 7.50. The molecule has 0 fully saturated rings. The summed E-state index contributed by atoms with van der Waals surface area (Å²) in [6.07, 6.45) is -5.19. The highest BCUT2D eigenvalue weighted by atomic mass is 35.5. The molecule has 3 heterocycles. The summed E-state index contributed by atoms with van der Waals surface area (Å²) in [4.78, 5) is 49.6. The summed E-state index contributed by atoms with van der Waals surface area (Å²) < 4.78 is 52.5. The number of aliphatic carboxylic acids is 1. The average Bonchev–Trinajstić information content (AvgIpc) is 3.40. The third kappa shape index (κ3) is 11.3. The number of anilines is 4. The maximum Gasteiger partial charge on any atom is 0.430 e. The van der Waals surface area contributed by atoms with Gasteiger partial charge in [0.05, 0.1) is 40.1 Å². The van der Waals surface area contributed by atoms with E-state index < -0.39 is 24.0 Å². The molecule has 0 atom stereocenters. The Morgan fingerprint density at radius 2 is 1.40 bits per heavy atom. The summed E-state index contributed by atoms with van der Waals surface area (Å²) in [6.45, 7) is 4.59. The van der Waals surface area contributed by atoms with Crippen molar-refractivity contribution >= 4 is 75.3 Å². The Labute approximate surface area is 308 Å². The number of imidazole rings is 1. The number of nitrogens with one attached hydrogen (secondary N) is 2. The van der Waals surface area contributed by atoms with E-state index in [0.29, 0.717) is 32.1 Å². The smallest absolute Gasteiger partial charge is 0.430 e. The van der Waals surface area contributed by atoms with Crippen molar-refractivity contribution in [3.05, 3.63) is 45.7 Å². The molecule has 10 N–H and O–H groups in total. The lowest BCUT2D eigenvalue weighted by Gasteiger charge is -2.10. The molecule has 24 heteroatoms. The highest BCUT2D eigenvalue weighted by molar-refractivity contribution is 6.32. The van der Waals surface area contributed by atoms with Gasteiger partial charge in [-0.25, -0.2) is 29.1 Å². The molecule has 4 aromatic rings. The molecule has 288 valence electrons. The number of carboxylic acids is 1. The molecular formula is C29H35Cl2F3N12O7. The van der Waals surface area contributed by atoms with Crippen LogP contribution in [0.1, 0.15) is 33.7 Å². The van der Waals surface area contributed by atoms with Crippen molar-refractivity contribution in [2.45, 2.75) is 32.7 Å². The molecule has 0 radical (unpaired) electrons. The molecule has 2 amide bonds. The first-order valence-electron chi connectivity index (χ1n) is 15.3. The molecule has 4 rings (SSSR count). The van der Waals surface area contributed by atoms with Gasteiger partial charge in [-0.05, 0) is 19.1 Å². The molecule has 0 saturated heterocycles. The molecule has 19 nitrogen and oxygen atoms in total. The van der Waals surface area contributed by atoms with Crippen LogP contribution in [-0.2, 0) is 33.9 Å². The number of carbonyl (C=O) groups is 3. The van der Waals surface area contributed by atoms with Gasteiger partial charge in [0.25, 0.3) is 17.6 Å². The van der Waals surface area contributed by atoms with E-state index in [2.05, 4.69) is 35.1 Å². The molecule has 1 aromatic carbocycles. The fourth-order valence-corrected chi connectivity index (χ4v) is 4.80. The van der Waals surface area contributed by atoms with E-state index in [9.17, 15) is 22.8 Å². The molecule has 0 aliphatic rings. The zero-order valence-corrected chi connectivity index (χ0v) is 29.6. The summed E-state index contributed by atoms with van der Waals surface area (Å²) in [5.41, 5.74) is 24.3. The van der Waals surface area contributed by atoms with Crippen molar-refractivity contribution in [3.63, 3.8) is 0 Å². The van der Waals surface area contributed by atoms with E-state index in [1.807, 2.05) is 29.7 Å². The van der Waals surface area contributed by atoms with Crippen molar-refractivity contribution in [2.75, 3.05) is 63.0 Å². The topological polar surface area (TPSA) is 290 Å². The van der Waals surface area contributed by atoms with Crippen LogP contribution in [0.2, 0.25) is 10.3 Å². The first-order chi connectivity index (χ1) is 25.0. The number of benzene rings is 1. The summed E-state index contributed by atoms with van der Waals surface area (Å²) in [6, 6.07) is 5.75. The number of methoxy groups -OCH3 is 1. The van der Waals surface area contributed by atoms with E-state index in [1.54, 1.807) is 7.11 Å². The second-order valence-electron chi connectivity index (χ2n) is 10.4. The molecule has 0 saturated carbocycles. The number of carboxylic acid groups (broad SMARTS) is 1. The number of nitrogen functional groups attached to an aromatic ring is 4. The van der Waals surface area contributed by atoms with Crippen molar-refractivity contribution in [1.82, 2.24) is 35.1 Å². The van der Waals surface area contributed by atoms with Crippen LogP contribution in [0, 0.1) is 0 Å². The van der Waals surface area contributed by atoms with E-state index in [0.717, 1.165) is 16.9 Å². The number of carbonyl (C=O) groups excluding carboxylic acids is 3. The van der Waals surface area contributed by atoms with Gasteiger partial charge in [0.2, 0.25) is 0 Å². The molecule has 53 heavy (non-hydrogen) atoms. The third-order valence-electron chi connectivity index (χ3n) is 6.95. The lowest BCUT2D eigenvalue weighted by molar-refractivity contribution is -0.676. The Hall–Kier alpha value is -5.45. The van der Waals surface area contributed by atoms with Crippen LogP contribution in [0.3, 0.4) is 0 Å². The highest BCUT2D eigenvalue weighted by Crippen LogP contribution is 2.22. The zero-order chi connectivity index (χ0) is 39.5. The predicted molar refractivity (Wildman–Crippen MR) is 182 cm³/mol. The lowest BCUT2D eigenvalue weighted by Crippen LogP contribution is -2.40. The van der Waals surface area contributed by atoms with Crippen LogP contribution in [0.4, 0.5) is 36.4 Å². The van der Waals surface area contributed by atoms with Crippen molar-refractivity contribution in [3.8, 4) is 5.75 Å². The summed E-state index contributed by atoms with van der Waals surface area (Å²) in [7, 11) is 1.60. The molecule has 0 spiro atoms. The summed E-state index contributed by atoms with van der Waals surface area (Å²) in [5.74, 6) is -3.00. The SMILES string of the molecule is CC[n+]1c(CNC(=O)c2nc(Cl)c(N)nc2N)n(CCOCCOCCNC(=O)c2nc(Cl)c(N)nc2N)c2cc(OC)ccc21.O=C([O-])C(F)(F)F. The number of nitrogens with two attached hydrogens (primary N) is 4. The Balaban J connectivity index is 0.000000980. The number of hydrogen-bond acceptors (Lipinski definition) is 15. The van der Waals surface area contributed by atoms with Gasteiger partial charge in [-0.3, -0.25) is 9.59 Å². The van der Waals surface area contributed by atoms with Gasteiger partial charge < -0.3 is 57.7 Å². The second kappa shape index (κ2) is 18.9. The molecule has 0 bridgehead atoms. The van der Waals surface area contributed by atoms with Crippen LogP contribution in [0.5, 0.6) is 5.75 Å². The highest BCUT2D eigenvalue weighted by Gasteiger charge is 2.29.